The predicted octanol–water partition coefficient (Wildman–Crippen LogP) is 5.70. The van der Waals surface area contributed by atoms with Crippen LogP contribution < -0.4 is 23.7 Å². The lowest BCUT2D eigenvalue weighted by Crippen LogP contribution is -2.15. The Morgan fingerprint density at radius 2 is 1.24 bits per heavy atom. The second-order valence-corrected chi connectivity index (χ2v) is 11.0. The fraction of sp³-hybridized carbons (Fsp3) is 0.286. The van der Waals surface area contributed by atoms with Crippen molar-refractivity contribution in [2.75, 3.05) is 33.2 Å². The number of methoxy groups -OCH3 is 4. The molecule has 3 aromatic carbocycles. The van der Waals surface area contributed by atoms with E-state index in [1.165, 1.54) is 34.5 Å². The summed E-state index contributed by atoms with van der Waals surface area (Å²) in [6.45, 7) is 6.16. The van der Waals surface area contributed by atoms with Crippen LogP contribution in [0.1, 0.15) is 37.5 Å². The summed E-state index contributed by atoms with van der Waals surface area (Å²) >= 11 is 0. The van der Waals surface area contributed by atoms with Gasteiger partial charge in [-0.1, -0.05) is 45.1 Å². The van der Waals surface area contributed by atoms with Gasteiger partial charge in [-0.25, -0.2) is 8.42 Å². The molecule has 9 heteroatoms. The molecule has 3 aromatic rings. The first-order valence-electron chi connectivity index (χ1n) is 11.5. The Morgan fingerprint density at radius 3 is 1.70 bits per heavy atom. The van der Waals surface area contributed by atoms with Crippen LogP contribution in [0.5, 0.6) is 28.7 Å². The number of aromatic hydroxyl groups is 1. The molecular weight excluding hydrogens is 494 g/mol. The van der Waals surface area contributed by atoms with Crippen molar-refractivity contribution in [3.63, 3.8) is 0 Å². The Kier molecular flexibility index (Phi) is 8.28. The summed E-state index contributed by atoms with van der Waals surface area (Å²) in [6.07, 6.45) is 3.54. The van der Waals surface area contributed by atoms with Gasteiger partial charge in [-0.3, -0.25) is 4.72 Å². The Balaban J connectivity index is 1.97. The third-order valence-electron chi connectivity index (χ3n) is 5.75. The van der Waals surface area contributed by atoms with E-state index in [1.807, 2.05) is 0 Å². The molecule has 0 saturated carbocycles. The van der Waals surface area contributed by atoms with Crippen molar-refractivity contribution in [1.82, 2.24) is 0 Å². The average molecular weight is 528 g/mol. The summed E-state index contributed by atoms with van der Waals surface area (Å²) in [5, 5.41) is 10.6. The number of benzene rings is 3. The summed E-state index contributed by atoms with van der Waals surface area (Å²) in [7, 11) is 2.02. The topological polar surface area (TPSA) is 103 Å². The van der Waals surface area contributed by atoms with Crippen LogP contribution >= 0.6 is 0 Å². The van der Waals surface area contributed by atoms with Gasteiger partial charge in [0, 0.05) is 0 Å². The molecule has 0 fully saturated rings. The van der Waals surface area contributed by atoms with Gasteiger partial charge < -0.3 is 24.1 Å². The molecule has 0 radical (unpaired) electrons. The lowest BCUT2D eigenvalue weighted by Gasteiger charge is -2.19. The second kappa shape index (κ2) is 11.0. The van der Waals surface area contributed by atoms with Gasteiger partial charge in [0.15, 0.2) is 23.0 Å². The maximum Gasteiger partial charge on any atom is 0.262 e. The van der Waals surface area contributed by atoms with E-state index in [4.69, 9.17) is 18.9 Å². The molecule has 0 aliphatic heterocycles. The molecule has 0 heterocycles. The number of anilines is 1. The molecule has 2 N–H and O–H groups in total. The van der Waals surface area contributed by atoms with Crippen molar-refractivity contribution >= 4 is 27.9 Å². The lowest BCUT2D eigenvalue weighted by molar-refractivity contribution is 0.324. The smallest absolute Gasteiger partial charge is 0.262 e. The quantitative estimate of drug-likeness (QED) is 0.272. The number of phenolic OH excluding ortho intramolecular Hbond substituents is 1. The second-order valence-electron chi connectivity index (χ2n) is 9.29. The molecule has 198 valence electrons. The van der Waals surface area contributed by atoms with Crippen LogP contribution in [0.3, 0.4) is 0 Å². The average Bonchev–Trinajstić information content (AvgIpc) is 2.87. The molecule has 0 amide bonds. The summed E-state index contributed by atoms with van der Waals surface area (Å²) in [6, 6.07) is 13.3. The monoisotopic (exact) mass is 527 g/mol. The third kappa shape index (κ3) is 6.29. The van der Waals surface area contributed by atoms with Gasteiger partial charge in [0.25, 0.3) is 10.0 Å². The number of hydrogen-bond donors (Lipinski definition) is 2. The Bertz CT molecular complexity index is 1360. The van der Waals surface area contributed by atoms with Crippen LogP contribution in [0, 0.1) is 0 Å². The molecule has 0 saturated heterocycles. The molecule has 0 bridgehead atoms. The van der Waals surface area contributed by atoms with Crippen LogP contribution in [0.2, 0.25) is 0 Å². The summed E-state index contributed by atoms with van der Waals surface area (Å²) in [4.78, 5) is 0.0808. The molecular formula is C28H33NO7S. The largest absolute Gasteiger partial charge is 0.503 e. The van der Waals surface area contributed by atoms with Crippen LogP contribution in [-0.2, 0) is 15.4 Å². The van der Waals surface area contributed by atoms with Crippen molar-refractivity contribution in [2.24, 2.45) is 0 Å². The third-order valence-corrected chi connectivity index (χ3v) is 7.13. The van der Waals surface area contributed by atoms with E-state index in [1.54, 1.807) is 54.6 Å². The lowest BCUT2D eigenvalue weighted by atomic mass is 9.87. The minimum absolute atomic E-state index is 0.0104. The van der Waals surface area contributed by atoms with Crippen molar-refractivity contribution in [1.29, 1.82) is 0 Å². The van der Waals surface area contributed by atoms with E-state index in [0.717, 1.165) is 11.1 Å². The Morgan fingerprint density at radius 1 is 0.757 bits per heavy atom. The maximum absolute atomic E-state index is 13.1. The number of phenols is 1. The molecule has 0 spiro atoms. The highest BCUT2D eigenvalue weighted by molar-refractivity contribution is 7.92. The fourth-order valence-corrected chi connectivity index (χ4v) is 4.74. The van der Waals surface area contributed by atoms with Crippen molar-refractivity contribution in [3.8, 4) is 28.7 Å². The molecule has 0 aliphatic carbocycles. The van der Waals surface area contributed by atoms with Gasteiger partial charge in [0.1, 0.15) is 0 Å². The number of nitrogens with one attached hydrogen (secondary N) is 1. The first-order valence-corrected chi connectivity index (χ1v) is 12.9. The highest BCUT2D eigenvalue weighted by atomic mass is 32.2. The van der Waals surface area contributed by atoms with Gasteiger partial charge in [0.05, 0.1) is 39.0 Å². The maximum atomic E-state index is 13.1. The van der Waals surface area contributed by atoms with Crippen LogP contribution in [0.4, 0.5) is 5.69 Å². The van der Waals surface area contributed by atoms with Crippen molar-refractivity contribution in [3.05, 3.63) is 65.2 Å². The molecule has 0 aliphatic rings. The SMILES string of the molecule is COc1cc(C=Cc2cc(OC)c(OC)c(OC)c2)cc(NS(=O)(=O)c2ccc(C(C)(C)C)cc2)c1O. The number of ether oxygens (including phenoxy) is 4. The Hall–Kier alpha value is -3.85. The number of hydrogen-bond acceptors (Lipinski definition) is 7. The first-order chi connectivity index (χ1) is 17.4. The van der Waals surface area contributed by atoms with Crippen LogP contribution in [0.25, 0.3) is 12.2 Å². The molecule has 0 unspecified atom stereocenters. The molecule has 3 rings (SSSR count). The van der Waals surface area contributed by atoms with Gasteiger partial charge >= 0.3 is 0 Å². The molecule has 8 nitrogen and oxygen atoms in total. The van der Waals surface area contributed by atoms with Gasteiger partial charge in [0.2, 0.25) is 5.75 Å². The number of sulfonamides is 1. The van der Waals surface area contributed by atoms with E-state index in [9.17, 15) is 13.5 Å². The summed E-state index contributed by atoms with van der Waals surface area (Å²) < 4.78 is 50.1. The predicted molar refractivity (Wildman–Crippen MR) is 146 cm³/mol. The number of rotatable bonds is 9. The van der Waals surface area contributed by atoms with E-state index < -0.39 is 10.0 Å². The zero-order valence-electron chi connectivity index (χ0n) is 22.1. The fourth-order valence-electron chi connectivity index (χ4n) is 3.69. The zero-order valence-corrected chi connectivity index (χ0v) is 22.9. The minimum atomic E-state index is -3.97. The van der Waals surface area contributed by atoms with E-state index in [0.29, 0.717) is 22.8 Å². The summed E-state index contributed by atoms with van der Waals surface area (Å²) in [5.41, 5.74) is 2.23. The van der Waals surface area contributed by atoms with E-state index >= 15 is 0 Å². The first kappa shape index (κ1) is 27.7. The van der Waals surface area contributed by atoms with Crippen LogP contribution in [0.15, 0.2) is 53.4 Å². The highest BCUT2D eigenvalue weighted by Gasteiger charge is 2.20. The molecule has 0 aromatic heterocycles. The van der Waals surface area contributed by atoms with Gasteiger partial charge in [-0.15, -0.1) is 0 Å². The van der Waals surface area contributed by atoms with Gasteiger partial charge in [-0.2, -0.15) is 0 Å². The van der Waals surface area contributed by atoms with Crippen molar-refractivity contribution < 1.29 is 32.5 Å². The van der Waals surface area contributed by atoms with Gasteiger partial charge in [-0.05, 0) is 58.5 Å². The summed E-state index contributed by atoms with van der Waals surface area (Å²) in [5.74, 6) is 1.27. The van der Waals surface area contributed by atoms with E-state index in [2.05, 4.69) is 25.5 Å². The Labute approximate surface area is 218 Å². The molecule has 0 atom stereocenters. The van der Waals surface area contributed by atoms with Crippen LogP contribution in [-0.4, -0.2) is 42.0 Å². The van der Waals surface area contributed by atoms with E-state index in [-0.39, 0.29) is 27.5 Å². The zero-order chi connectivity index (χ0) is 27.4. The van der Waals surface area contributed by atoms with Crippen molar-refractivity contribution in [2.45, 2.75) is 31.1 Å². The normalized spacial score (nSPS) is 11.9. The minimum Gasteiger partial charge on any atom is -0.503 e. The standard InChI is InChI=1S/C28H33NO7S/c1-28(2,3)20-10-12-21(13-11-20)37(31,32)29-22-14-18(15-23(33-4)26(22)30)8-9-19-16-24(34-5)27(36-7)25(17-19)35-6/h8-17,29-30H,1-7H3. The molecule has 37 heavy (non-hydrogen) atoms. The highest BCUT2D eigenvalue weighted by Crippen LogP contribution is 2.40.